The number of benzene rings is 1. The molecule has 1 aliphatic heterocycles. The molecule has 0 saturated carbocycles. The van der Waals surface area contributed by atoms with Crippen molar-refractivity contribution >= 4 is 34.0 Å². The van der Waals surface area contributed by atoms with E-state index >= 15 is 0 Å². The molecule has 1 aromatic carbocycles. The maximum atomic E-state index is 12.4. The van der Waals surface area contributed by atoms with Gasteiger partial charge in [-0.3, -0.25) is 9.59 Å². The fourth-order valence-corrected chi connectivity index (χ4v) is 3.70. The number of carbonyl (C=O) groups is 2. The minimum Gasteiger partial charge on any atom is -0.312 e. The van der Waals surface area contributed by atoms with Gasteiger partial charge in [-0.15, -0.1) is 11.3 Å². The summed E-state index contributed by atoms with van der Waals surface area (Å²) in [6, 6.07) is 6.15. The molecule has 0 atom stereocenters. The fraction of sp³-hybridized carbons (Fsp3) is 0.421. The number of rotatable bonds is 4. The van der Waals surface area contributed by atoms with E-state index in [1.165, 1.54) is 16.9 Å². The molecule has 2 amide bonds. The van der Waals surface area contributed by atoms with Crippen LogP contribution in [0.15, 0.2) is 23.6 Å². The van der Waals surface area contributed by atoms with Crippen LogP contribution < -0.4 is 10.2 Å². The summed E-state index contributed by atoms with van der Waals surface area (Å²) in [5, 5.41) is 5.37. The molecule has 6 heteroatoms. The van der Waals surface area contributed by atoms with Gasteiger partial charge in [-0.2, -0.15) is 0 Å². The van der Waals surface area contributed by atoms with Gasteiger partial charge >= 0.3 is 0 Å². The lowest BCUT2D eigenvalue weighted by Crippen LogP contribution is -2.38. The Hall–Kier alpha value is -2.21. The lowest BCUT2D eigenvalue weighted by molar-refractivity contribution is -0.121. The molecule has 5 nitrogen and oxygen atoms in total. The number of aryl methyl sites for hydroxylation is 1. The van der Waals surface area contributed by atoms with Gasteiger partial charge in [0.2, 0.25) is 11.8 Å². The molecular formula is C19H23N3O2S. The van der Waals surface area contributed by atoms with Crippen LogP contribution in [0, 0.1) is 5.92 Å². The van der Waals surface area contributed by atoms with Gasteiger partial charge in [0, 0.05) is 35.5 Å². The number of aromatic nitrogens is 1. The molecule has 0 unspecified atom stereocenters. The van der Waals surface area contributed by atoms with Crippen molar-refractivity contribution in [2.45, 2.75) is 40.0 Å². The SMILES string of the molecule is CCC(=O)Nc1nc(-c2ccc3c(c2)CCCN3C(=O)C(C)C)cs1. The number of nitrogens with zero attached hydrogens (tertiary/aromatic N) is 2. The Bertz CT molecular complexity index is 798. The van der Waals surface area contributed by atoms with Crippen molar-refractivity contribution in [2.24, 2.45) is 5.92 Å². The smallest absolute Gasteiger partial charge is 0.229 e. The summed E-state index contributed by atoms with van der Waals surface area (Å²) in [5.74, 6) is 0.134. The fourth-order valence-electron chi connectivity index (χ4n) is 2.97. The zero-order chi connectivity index (χ0) is 18.0. The van der Waals surface area contributed by atoms with Gasteiger partial charge in [0.25, 0.3) is 0 Å². The largest absolute Gasteiger partial charge is 0.312 e. The summed E-state index contributed by atoms with van der Waals surface area (Å²) in [6.07, 6.45) is 2.38. The van der Waals surface area contributed by atoms with Crippen LogP contribution in [0.2, 0.25) is 0 Å². The van der Waals surface area contributed by atoms with Gasteiger partial charge in [0.05, 0.1) is 5.69 Å². The average molecular weight is 357 g/mol. The standard InChI is InChI=1S/C19H23N3O2S/c1-4-17(23)21-19-20-15(11-25-19)13-7-8-16-14(10-13)6-5-9-22(16)18(24)12(2)3/h7-8,10-12H,4-6,9H2,1-3H3,(H,20,21,23). The van der Waals surface area contributed by atoms with Gasteiger partial charge in [-0.25, -0.2) is 4.98 Å². The van der Waals surface area contributed by atoms with Crippen LogP contribution >= 0.6 is 11.3 Å². The minimum absolute atomic E-state index is 0.00565. The van der Waals surface area contributed by atoms with Crippen molar-refractivity contribution in [1.82, 2.24) is 4.98 Å². The quantitative estimate of drug-likeness (QED) is 0.896. The predicted molar refractivity (Wildman–Crippen MR) is 102 cm³/mol. The second kappa shape index (κ2) is 7.35. The summed E-state index contributed by atoms with van der Waals surface area (Å²) in [5.41, 5.74) is 4.07. The number of carbonyl (C=O) groups excluding carboxylic acids is 2. The molecule has 25 heavy (non-hydrogen) atoms. The Morgan fingerprint density at radius 2 is 2.16 bits per heavy atom. The van der Waals surface area contributed by atoms with Crippen molar-refractivity contribution in [1.29, 1.82) is 0 Å². The third-order valence-corrected chi connectivity index (χ3v) is 5.08. The first-order chi connectivity index (χ1) is 12.0. The Kier molecular flexibility index (Phi) is 5.18. The summed E-state index contributed by atoms with van der Waals surface area (Å²) in [6.45, 7) is 6.48. The maximum absolute atomic E-state index is 12.4. The van der Waals surface area contributed by atoms with Gasteiger partial charge in [0.15, 0.2) is 5.13 Å². The van der Waals surface area contributed by atoms with E-state index in [1.54, 1.807) is 0 Å². The number of anilines is 2. The number of hydrogen-bond acceptors (Lipinski definition) is 4. The maximum Gasteiger partial charge on any atom is 0.229 e. The second-order valence-corrected chi connectivity index (χ2v) is 7.39. The Labute approximate surface area is 152 Å². The molecule has 0 spiro atoms. The number of amides is 2. The first-order valence-electron chi connectivity index (χ1n) is 8.69. The van der Waals surface area contributed by atoms with E-state index < -0.39 is 0 Å². The lowest BCUT2D eigenvalue weighted by atomic mass is 9.97. The van der Waals surface area contributed by atoms with Crippen molar-refractivity contribution in [3.8, 4) is 11.3 Å². The van der Waals surface area contributed by atoms with E-state index in [4.69, 9.17) is 0 Å². The number of nitrogens with one attached hydrogen (secondary N) is 1. The van der Waals surface area contributed by atoms with E-state index in [1.807, 2.05) is 43.2 Å². The van der Waals surface area contributed by atoms with E-state index in [2.05, 4.69) is 16.4 Å². The molecule has 0 radical (unpaired) electrons. The van der Waals surface area contributed by atoms with Crippen LogP contribution in [0.5, 0.6) is 0 Å². The Morgan fingerprint density at radius 1 is 1.36 bits per heavy atom. The van der Waals surface area contributed by atoms with Crippen LogP contribution in [0.1, 0.15) is 39.2 Å². The first-order valence-corrected chi connectivity index (χ1v) is 9.57. The molecule has 3 rings (SSSR count). The van der Waals surface area contributed by atoms with Crippen molar-refractivity contribution in [3.05, 3.63) is 29.1 Å². The molecule has 1 N–H and O–H groups in total. The molecule has 2 heterocycles. The van der Waals surface area contributed by atoms with Crippen LogP contribution in [-0.2, 0) is 16.0 Å². The van der Waals surface area contributed by atoms with Crippen LogP contribution in [0.3, 0.4) is 0 Å². The third kappa shape index (κ3) is 3.74. The van der Waals surface area contributed by atoms with Gasteiger partial charge in [-0.1, -0.05) is 26.8 Å². The molecule has 0 aliphatic carbocycles. The van der Waals surface area contributed by atoms with Crippen molar-refractivity contribution < 1.29 is 9.59 Å². The molecule has 1 aromatic heterocycles. The summed E-state index contributed by atoms with van der Waals surface area (Å²) >= 11 is 1.43. The monoisotopic (exact) mass is 357 g/mol. The highest BCUT2D eigenvalue weighted by atomic mass is 32.1. The Balaban J connectivity index is 1.86. The summed E-state index contributed by atoms with van der Waals surface area (Å²) < 4.78 is 0. The number of thiazole rings is 1. The first kappa shape index (κ1) is 17.6. The zero-order valence-corrected chi connectivity index (χ0v) is 15.7. The molecule has 0 saturated heterocycles. The van der Waals surface area contributed by atoms with Crippen LogP contribution in [0.25, 0.3) is 11.3 Å². The van der Waals surface area contributed by atoms with E-state index in [-0.39, 0.29) is 17.7 Å². The van der Waals surface area contributed by atoms with E-state index in [0.717, 1.165) is 36.3 Å². The summed E-state index contributed by atoms with van der Waals surface area (Å²) in [4.78, 5) is 30.3. The van der Waals surface area contributed by atoms with Crippen LogP contribution in [-0.4, -0.2) is 23.3 Å². The van der Waals surface area contributed by atoms with E-state index in [9.17, 15) is 9.59 Å². The van der Waals surface area contributed by atoms with Crippen molar-refractivity contribution in [3.63, 3.8) is 0 Å². The highest BCUT2D eigenvalue weighted by molar-refractivity contribution is 7.14. The highest BCUT2D eigenvalue weighted by Gasteiger charge is 2.24. The Morgan fingerprint density at radius 3 is 2.88 bits per heavy atom. The van der Waals surface area contributed by atoms with Gasteiger partial charge in [-0.05, 0) is 30.5 Å². The second-order valence-electron chi connectivity index (χ2n) is 6.53. The minimum atomic E-state index is -0.0332. The molecule has 0 bridgehead atoms. The van der Waals surface area contributed by atoms with Crippen molar-refractivity contribution in [2.75, 3.05) is 16.8 Å². The predicted octanol–water partition coefficient (Wildman–Crippen LogP) is 4.09. The lowest BCUT2D eigenvalue weighted by Gasteiger charge is -2.31. The zero-order valence-electron chi connectivity index (χ0n) is 14.8. The number of fused-ring (bicyclic) bond motifs is 1. The number of hydrogen-bond donors (Lipinski definition) is 1. The highest BCUT2D eigenvalue weighted by Crippen LogP contribution is 2.33. The summed E-state index contributed by atoms with van der Waals surface area (Å²) in [7, 11) is 0. The van der Waals surface area contributed by atoms with Crippen LogP contribution in [0.4, 0.5) is 10.8 Å². The van der Waals surface area contributed by atoms with E-state index in [0.29, 0.717) is 11.6 Å². The topological polar surface area (TPSA) is 62.3 Å². The third-order valence-electron chi connectivity index (χ3n) is 4.33. The normalized spacial score (nSPS) is 13.7. The average Bonchev–Trinajstić information content (AvgIpc) is 3.08. The van der Waals surface area contributed by atoms with Gasteiger partial charge in [0.1, 0.15) is 0 Å². The molecule has 0 fully saturated rings. The molecular weight excluding hydrogens is 334 g/mol. The van der Waals surface area contributed by atoms with Gasteiger partial charge < -0.3 is 10.2 Å². The molecule has 2 aromatic rings. The molecule has 1 aliphatic rings. The molecule has 132 valence electrons.